The van der Waals surface area contributed by atoms with E-state index in [1.165, 1.54) is 4.90 Å². The molecular formula is C15H26N2O3. The van der Waals surface area contributed by atoms with Crippen molar-refractivity contribution in [3.63, 3.8) is 0 Å². The van der Waals surface area contributed by atoms with Crippen LogP contribution >= 0.6 is 0 Å². The van der Waals surface area contributed by atoms with Gasteiger partial charge in [0.15, 0.2) is 0 Å². The van der Waals surface area contributed by atoms with E-state index in [0.29, 0.717) is 13.2 Å². The third-order valence-electron chi connectivity index (χ3n) is 4.38. The molecular weight excluding hydrogens is 256 g/mol. The molecule has 0 radical (unpaired) electrons. The van der Waals surface area contributed by atoms with E-state index in [4.69, 9.17) is 4.74 Å². The lowest BCUT2D eigenvalue weighted by Gasteiger charge is -2.31. The topological polar surface area (TPSA) is 58.6 Å². The zero-order valence-electron chi connectivity index (χ0n) is 12.6. The quantitative estimate of drug-likeness (QED) is 0.761. The van der Waals surface area contributed by atoms with Crippen molar-refractivity contribution in [2.24, 2.45) is 0 Å². The molecule has 0 spiro atoms. The summed E-state index contributed by atoms with van der Waals surface area (Å²) in [5.74, 6) is -0.00954. The van der Waals surface area contributed by atoms with Crippen LogP contribution in [-0.4, -0.2) is 41.6 Å². The number of hydrogen-bond donors (Lipinski definition) is 1. The maximum absolute atomic E-state index is 12.8. The van der Waals surface area contributed by atoms with Crippen molar-refractivity contribution < 1.29 is 14.3 Å². The first-order valence-electron chi connectivity index (χ1n) is 7.88. The normalized spacial score (nSPS) is 28.0. The van der Waals surface area contributed by atoms with Crippen molar-refractivity contribution in [3.05, 3.63) is 0 Å². The van der Waals surface area contributed by atoms with E-state index in [1.54, 1.807) is 0 Å². The molecule has 1 unspecified atom stereocenters. The van der Waals surface area contributed by atoms with Crippen LogP contribution in [0.15, 0.2) is 0 Å². The second-order valence-corrected chi connectivity index (χ2v) is 5.88. The van der Waals surface area contributed by atoms with Crippen molar-refractivity contribution >= 4 is 11.9 Å². The first-order chi connectivity index (χ1) is 9.64. The summed E-state index contributed by atoms with van der Waals surface area (Å²) < 4.78 is 5.32. The second-order valence-electron chi connectivity index (χ2n) is 5.88. The van der Waals surface area contributed by atoms with Gasteiger partial charge in [0.05, 0.1) is 0 Å². The molecule has 2 aliphatic heterocycles. The number of nitrogens with zero attached hydrogens (tertiary/aromatic N) is 1. The smallest absolute Gasteiger partial charge is 0.325 e. The Morgan fingerprint density at radius 2 is 1.90 bits per heavy atom. The molecule has 0 aliphatic carbocycles. The zero-order valence-corrected chi connectivity index (χ0v) is 12.6. The van der Waals surface area contributed by atoms with E-state index in [9.17, 15) is 9.59 Å². The number of urea groups is 1. The van der Waals surface area contributed by atoms with Crippen LogP contribution < -0.4 is 5.32 Å². The minimum Gasteiger partial charge on any atom is -0.381 e. The fraction of sp³-hybridized carbons (Fsp3) is 0.867. The zero-order chi connectivity index (χ0) is 14.6. The van der Waals surface area contributed by atoms with Crippen LogP contribution in [0.4, 0.5) is 4.79 Å². The number of nitrogens with one attached hydrogen (secondary N) is 1. The van der Waals surface area contributed by atoms with Crippen molar-refractivity contribution in [3.8, 4) is 0 Å². The number of ether oxygens (including phenoxy) is 1. The Kier molecular flexibility index (Phi) is 5.02. The van der Waals surface area contributed by atoms with Gasteiger partial charge in [-0.25, -0.2) is 4.79 Å². The summed E-state index contributed by atoms with van der Waals surface area (Å²) in [6, 6.07) is -0.192. The van der Waals surface area contributed by atoms with Crippen molar-refractivity contribution in [2.75, 3.05) is 13.2 Å². The maximum Gasteiger partial charge on any atom is 0.325 e. The number of carbonyl (C=O) groups is 2. The third kappa shape index (κ3) is 2.82. The highest BCUT2D eigenvalue weighted by atomic mass is 16.5. The molecule has 1 N–H and O–H groups in total. The van der Waals surface area contributed by atoms with Gasteiger partial charge < -0.3 is 10.1 Å². The summed E-state index contributed by atoms with van der Waals surface area (Å²) in [7, 11) is 0. The standard InChI is InChI=1S/C15H26N2O3/c1-3-5-9-15(8-4-2)13(18)17(14(19)16-15)12-6-10-20-11-7-12/h12H,3-11H2,1-2H3,(H,16,19). The molecule has 114 valence electrons. The highest BCUT2D eigenvalue weighted by Crippen LogP contribution is 2.31. The predicted molar refractivity (Wildman–Crippen MR) is 76.4 cm³/mol. The molecule has 2 fully saturated rings. The van der Waals surface area contributed by atoms with E-state index in [2.05, 4.69) is 19.2 Å². The fourth-order valence-corrected chi connectivity index (χ4v) is 3.29. The summed E-state index contributed by atoms with van der Waals surface area (Å²) in [6.45, 7) is 5.44. The fourth-order valence-electron chi connectivity index (χ4n) is 3.29. The Labute approximate surface area is 121 Å². The van der Waals surface area contributed by atoms with Crippen molar-refractivity contribution in [1.82, 2.24) is 10.2 Å². The lowest BCUT2D eigenvalue weighted by molar-refractivity contribution is -0.134. The minimum atomic E-state index is -0.653. The number of amides is 3. The van der Waals surface area contributed by atoms with Gasteiger partial charge in [0.25, 0.3) is 5.91 Å². The van der Waals surface area contributed by atoms with Gasteiger partial charge in [-0.15, -0.1) is 0 Å². The molecule has 3 amide bonds. The summed E-state index contributed by atoms with van der Waals surface area (Å²) in [6.07, 6.45) is 5.90. The Balaban J connectivity index is 2.15. The predicted octanol–water partition coefficient (Wildman–Crippen LogP) is 2.45. The average molecular weight is 282 g/mol. The Bertz CT molecular complexity index is 366. The SMILES string of the molecule is CCCCC1(CCC)NC(=O)N(C2CCOCC2)C1=O. The van der Waals surface area contributed by atoms with Gasteiger partial charge in [0.1, 0.15) is 5.54 Å². The molecule has 5 heteroatoms. The lowest BCUT2D eigenvalue weighted by Crippen LogP contribution is -2.48. The monoisotopic (exact) mass is 282 g/mol. The molecule has 2 rings (SSSR count). The van der Waals surface area contributed by atoms with Crippen LogP contribution in [0.5, 0.6) is 0 Å². The number of imide groups is 1. The van der Waals surface area contributed by atoms with Crippen LogP contribution in [0.25, 0.3) is 0 Å². The Morgan fingerprint density at radius 3 is 2.50 bits per heavy atom. The number of rotatable bonds is 6. The van der Waals surface area contributed by atoms with Gasteiger partial charge in [-0.3, -0.25) is 9.69 Å². The van der Waals surface area contributed by atoms with E-state index < -0.39 is 5.54 Å². The third-order valence-corrected chi connectivity index (χ3v) is 4.38. The molecule has 0 saturated carbocycles. The number of carbonyl (C=O) groups excluding carboxylic acids is 2. The molecule has 2 heterocycles. The maximum atomic E-state index is 12.8. The Morgan fingerprint density at radius 1 is 1.20 bits per heavy atom. The highest BCUT2D eigenvalue weighted by molar-refractivity contribution is 6.07. The molecule has 0 bridgehead atoms. The molecule has 0 aromatic heterocycles. The van der Waals surface area contributed by atoms with Gasteiger partial charge in [-0.05, 0) is 25.7 Å². The minimum absolute atomic E-state index is 0.00954. The molecule has 0 aromatic carbocycles. The van der Waals surface area contributed by atoms with Crippen LogP contribution in [0.2, 0.25) is 0 Å². The molecule has 1 atom stereocenters. The second kappa shape index (κ2) is 6.57. The molecule has 0 aromatic rings. The van der Waals surface area contributed by atoms with E-state index in [1.807, 2.05) is 0 Å². The summed E-state index contributed by atoms with van der Waals surface area (Å²) in [5, 5.41) is 3.00. The van der Waals surface area contributed by atoms with Gasteiger partial charge in [0.2, 0.25) is 0 Å². The van der Waals surface area contributed by atoms with Gasteiger partial charge >= 0.3 is 6.03 Å². The molecule has 2 saturated heterocycles. The summed E-state index contributed by atoms with van der Waals surface area (Å²) >= 11 is 0. The summed E-state index contributed by atoms with van der Waals surface area (Å²) in [5.41, 5.74) is -0.653. The molecule has 2 aliphatic rings. The van der Waals surface area contributed by atoms with Crippen molar-refractivity contribution in [1.29, 1.82) is 0 Å². The van der Waals surface area contributed by atoms with Crippen LogP contribution in [0.1, 0.15) is 58.8 Å². The summed E-state index contributed by atoms with van der Waals surface area (Å²) in [4.78, 5) is 26.6. The number of hydrogen-bond acceptors (Lipinski definition) is 3. The Hall–Kier alpha value is -1.10. The first-order valence-corrected chi connectivity index (χ1v) is 7.88. The van der Waals surface area contributed by atoms with Crippen LogP contribution in [0.3, 0.4) is 0 Å². The van der Waals surface area contributed by atoms with Gasteiger partial charge in [-0.1, -0.05) is 33.1 Å². The first kappa shape index (κ1) is 15.3. The van der Waals surface area contributed by atoms with Crippen LogP contribution in [0, 0.1) is 0 Å². The lowest BCUT2D eigenvalue weighted by atomic mass is 9.87. The molecule has 5 nitrogen and oxygen atoms in total. The van der Waals surface area contributed by atoms with E-state index in [-0.39, 0.29) is 18.0 Å². The van der Waals surface area contributed by atoms with E-state index >= 15 is 0 Å². The largest absolute Gasteiger partial charge is 0.381 e. The van der Waals surface area contributed by atoms with E-state index in [0.717, 1.165) is 44.9 Å². The molecule has 20 heavy (non-hydrogen) atoms. The van der Waals surface area contributed by atoms with Crippen molar-refractivity contribution in [2.45, 2.75) is 70.4 Å². The van der Waals surface area contributed by atoms with Gasteiger partial charge in [0, 0.05) is 19.3 Å². The van der Waals surface area contributed by atoms with Gasteiger partial charge in [-0.2, -0.15) is 0 Å². The number of unbranched alkanes of at least 4 members (excludes halogenated alkanes) is 1. The van der Waals surface area contributed by atoms with Crippen LogP contribution in [-0.2, 0) is 9.53 Å². The average Bonchev–Trinajstić information content (AvgIpc) is 2.69. The highest BCUT2D eigenvalue weighted by Gasteiger charge is 2.51.